The first-order valence-electron chi connectivity index (χ1n) is 5.61. The van der Waals surface area contributed by atoms with Gasteiger partial charge in [-0.3, -0.25) is 4.68 Å². The number of allylic oxidation sites excluding steroid dienone is 1. The van der Waals surface area contributed by atoms with Crippen LogP contribution in [0.25, 0.3) is 0 Å². The summed E-state index contributed by atoms with van der Waals surface area (Å²) in [5, 5.41) is 14.2. The average Bonchev–Trinajstić information content (AvgIpc) is 2.66. The molecule has 0 saturated carbocycles. The molecule has 15 heavy (non-hydrogen) atoms. The first-order valence-corrected chi connectivity index (χ1v) is 5.61. The molecule has 82 valence electrons. The lowest BCUT2D eigenvalue weighted by atomic mass is 9.94. The van der Waals surface area contributed by atoms with E-state index in [0.29, 0.717) is 0 Å². The van der Waals surface area contributed by atoms with Crippen LogP contribution >= 0.6 is 0 Å². The molecule has 1 unspecified atom stereocenters. The standard InChI is InChI=1S/C12H18N2O/c1-14-8-7-11(13-14)12(15)9-10-5-3-2-4-6-10/h5,7-8,12,15H,2-4,6,9H2,1H3. The molecule has 0 saturated heterocycles. The Morgan fingerprint density at radius 1 is 1.53 bits per heavy atom. The molecule has 0 amide bonds. The SMILES string of the molecule is Cn1ccc(C(O)CC2=CCCCC2)n1. The van der Waals surface area contributed by atoms with Crippen molar-refractivity contribution in [2.45, 2.75) is 38.2 Å². The highest BCUT2D eigenvalue weighted by atomic mass is 16.3. The Morgan fingerprint density at radius 3 is 3.00 bits per heavy atom. The van der Waals surface area contributed by atoms with E-state index in [0.717, 1.165) is 18.5 Å². The van der Waals surface area contributed by atoms with E-state index in [2.05, 4.69) is 11.2 Å². The van der Waals surface area contributed by atoms with Gasteiger partial charge < -0.3 is 5.11 Å². The molecule has 2 rings (SSSR count). The Hall–Kier alpha value is -1.09. The van der Waals surface area contributed by atoms with Gasteiger partial charge in [0.15, 0.2) is 0 Å². The summed E-state index contributed by atoms with van der Waals surface area (Å²) in [6.07, 6.45) is 9.33. The molecule has 1 heterocycles. The smallest absolute Gasteiger partial charge is 0.101 e. The molecule has 3 nitrogen and oxygen atoms in total. The minimum Gasteiger partial charge on any atom is -0.386 e. The van der Waals surface area contributed by atoms with Gasteiger partial charge >= 0.3 is 0 Å². The zero-order valence-electron chi connectivity index (χ0n) is 9.19. The molecule has 0 aromatic carbocycles. The van der Waals surface area contributed by atoms with Gasteiger partial charge in [0, 0.05) is 19.7 Å². The predicted octanol–water partition coefficient (Wildman–Crippen LogP) is 2.34. The van der Waals surface area contributed by atoms with Gasteiger partial charge in [-0.05, 0) is 31.7 Å². The zero-order valence-corrected chi connectivity index (χ0v) is 9.19. The normalized spacial score (nSPS) is 18.7. The number of nitrogens with zero attached hydrogens (tertiary/aromatic N) is 2. The second-order valence-electron chi connectivity index (χ2n) is 4.24. The highest BCUT2D eigenvalue weighted by Crippen LogP contribution is 2.26. The van der Waals surface area contributed by atoms with Crippen LogP contribution in [0, 0.1) is 0 Å². The first kappa shape index (κ1) is 10.4. The van der Waals surface area contributed by atoms with E-state index in [-0.39, 0.29) is 0 Å². The minimum absolute atomic E-state index is 0.435. The van der Waals surface area contributed by atoms with Crippen molar-refractivity contribution in [2.24, 2.45) is 7.05 Å². The summed E-state index contributed by atoms with van der Waals surface area (Å²) in [5.74, 6) is 0. The molecule has 0 aliphatic heterocycles. The van der Waals surface area contributed by atoms with Crippen LogP contribution in [0.2, 0.25) is 0 Å². The van der Waals surface area contributed by atoms with Crippen molar-refractivity contribution >= 4 is 0 Å². The predicted molar refractivity (Wildman–Crippen MR) is 59.3 cm³/mol. The van der Waals surface area contributed by atoms with Gasteiger partial charge in [0.25, 0.3) is 0 Å². The lowest BCUT2D eigenvalue weighted by molar-refractivity contribution is 0.171. The molecule has 0 bridgehead atoms. The van der Waals surface area contributed by atoms with Crippen LogP contribution in [0.1, 0.15) is 43.9 Å². The Kier molecular flexibility index (Phi) is 3.21. The summed E-state index contributed by atoms with van der Waals surface area (Å²) >= 11 is 0. The minimum atomic E-state index is -0.435. The fourth-order valence-electron chi connectivity index (χ4n) is 2.05. The fraction of sp³-hybridized carbons (Fsp3) is 0.583. The summed E-state index contributed by atoms with van der Waals surface area (Å²) < 4.78 is 1.73. The van der Waals surface area contributed by atoms with E-state index in [1.165, 1.54) is 24.8 Å². The van der Waals surface area contributed by atoms with Gasteiger partial charge in [0.2, 0.25) is 0 Å². The molecule has 1 N–H and O–H groups in total. The summed E-state index contributed by atoms with van der Waals surface area (Å²) in [6.45, 7) is 0. The molecule has 1 aliphatic carbocycles. The lowest BCUT2D eigenvalue weighted by Gasteiger charge is -2.15. The van der Waals surface area contributed by atoms with Crippen LogP contribution in [0.4, 0.5) is 0 Å². The van der Waals surface area contributed by atoms with Crippen molar-refractivity contribution in [1.29, 1.82) is 0 Å². The van der Waals surface area contributed by atoms with Gasteiger partial charge in [0.1, 0.15) is 6.10 Å². The monoisotopic (exact) mass is 206 g/mol. The molecule has 1 aromatic heterocycles. The summed E-state index contributed by atoms with van der Waals surface area (Å²) in [4.78, 5) is 0. The van der Waals surface area contributed by atoms with Crippen LogP contribution in [-0.2, 0) is 7.05 Å². The van der Waals surface area contributed by atoms with Crippen molar-refractivity contribution in [3.05, 3.63) is 29.6 Å². The van der Waals surface area contributed by atoms with E-state index in [4.69, 9.17) is 0 Å². The molecule has 0 radical (unpaired) electrons. The molecule has 1 aromatic rings. The average molecular weight is 206 g/mol. The number of aryl methyl sites for hydroxylation is 1. The maximum absolute atomic E-state index is 9.97. The topological polar surface area (TPSA) is 38.0 Å². The van der Waals surface area contributed by atoms with Crippen LogP contribution in [0.15, 0.2) is 23.9 Å². The fourth-order valence-corrected chi connectivity index (χ4v) is 2.05. The third-order valence-electron chi connectivity index (χ3n) is 2.92. The molecule has 0 fully saturated rings. The van der Waals surface area contributed by atoms with E-state index in [9.17, 15) is 5.11 Å². The molecular formula is C12H18N2O. The van der Waals surface area contributed by atoms with E-state index in [1.54, 1.807) is 4.68 Å². The number of aromatic nitrogens is 2. The quantitative estimate of drug-likeness (QED) is 0.771. The summed E-state index contributed by atoms with van der Waals surface area (Å²) in [6, 6.07) is 1.88. The first-order chi connectivity index (χ1) is 7.25. The second-order valence-corrected chi connectivity index (χ2v) is 4.24. The van der Waals surface area contributed by atoms with Crippen LogP contribution in [0.3, 0.4) is 0 Å². The Morgan fingerprint density at radius 2 is 2.40 bits per heavy atom. The van der Waals surface area contributed by atoms with Crippen molar-refractivity contribution < 1.29 is 5.11 Å². The number of hydrogen-bond donors (Lipinski definition) is 1. The number of hydrogen-bond acceptors (Lipinski definition) is 2. The Balaban J connectivity index is 1.97. The number of aliphatic hydroxyl groups is 1. The molecule has 0 spiro atoms. The van der Waals surface area contributed by atoms with Gasteiger partial charge in [-0.25, -0.2) is 0 Å². The summed E-state index contributed by atoms with van der Waals surface area (Å²) in [5.41, 5.74) is 2.17. The van der Waals surface area contributed by atoms with Gasteiger partial charge in [-0.2, -0.15) is 5.10 Å². The van der Waals surface area contributed by atoms with Crippen LogP contribution in [0.5, 0.6) is 0 Å². The lowest BCUT2D eigenvalue weighted by Crippen LogP contribution is -2.03. The maximum atomic E-state index is 9.97. The molecular weight excluding hydrogens is 188 g/mol. The van der Waals surface area contributed by atoms with Crippen LogP contribution in [-0.4, -0.2) is 14.9 Å². The Labute approximate surface area is 90.4 Å². The van der Waals surface area contributed by atoms with Crippen molar-refractivity contribution in [1.82, 2.24) is 9.78 Å². The van der Waals surface area contributed by atoms with Crippen molar-refractivity contribution in [2.75, 3.05) is 0 Å². The second kappa shape index (κ2) is 4.62. The summed E-state index contributed by atoms with van der Waals surface area (Å²) in [7, 11) is 1.87. The van der Waals surface area contributed by atoms with Crippen molar-refractivity contribution in [3.63, 3.8) is 0 Å². The van der Waals surface area contributed by atoms with Gasteiger partial charge in [0.05, 0.1) is 5.69 Å². The van der Waals surface area contributed by atoms with Crippen LogP contribution < -0.4 is 0 Å². The maximum Gasteiger partial charge on any atom is 0.101 e. The number of aliphatic hydroxyl groups excluding tert-OH is 1. The third-order valence-corrected chi connectivity index (χ3v) is 2.92. The van der Waals surface area contributed by atoms with E-state index < -0.39 is 6.10 Å². The van der Waals surface area contributed by atoms with E-state index in [1.807, 2.05) is 19.3 Å². The molecule has 1 atom stereocenters. The van der Waals surface area contributed by atoms with Gasteiger partial charge in [-0.1, -0.05) is 11.6 Å². The zero-order chi connectivity index (χ0) is 10.7. The largest absolute Gasteiger partial charge is 0.386 e. The highest BCUT2D eigenvalue weighted by Gasteiger charge is 2.13. The molecule has 1 aliphatic rings. The Bertz CT molecular complexity index is 354. The van der Waals surface area contributed by atoms with E-state index >= 15 is 0 Å². The molecule has 3 heteroatoms. The highest BCUT2D eigenvalue weighted by molar-refractivity contribution is 5.11. The number of rotatable bonds is 3. The van der Waals surface area contributed by atoms with Gasteiger partial charge in [-0.15, -0.1) is 0 Å². The van der Waals surface area contributed by atoms with Crippen molar-refractivity contribution in [3.8, 4) is 0 Å². The third kappa shape index (κ3) is 2.69.